The molecule has 0 aliphatic heterocycles. The molecule has 1 N–H and O–H groups in total. The number of aliphatic hydroxyl groups excluding tert-OH is 1. The van der Waals surface area contributed by atoms with Crippen molar-refractivity contribution in [3.63, 3.8) is 0 Å². The van der Waals surface area contributed by atoms with Crippen LogP contribution in [-0.2, 0) is 0 Å². The zero-order valence-electron chi connectivity index (χ0n) is 11.5. The Morgan fingerprint density at radius 3 is 2.44 bits per heavy atom. The fraction of sp³-hybridized carbons (Fsp3) is 0.733. The van der Waals surface area contributed by atoms with Crippen LogP contribution >= 0.6 is 0 Å². The molecule has 0 aromatic carbocycles. The molecule has 0 saturated carbocycles. The van der Waals surface area contributed by atoms with E-state index in [4.69, 9.17) is 0 Å². The fourth-order valence-electron chi connectivity index (χ4n) is 1.98. The third-order valence-corrected chi connectivity index (χ3v) is 4.46. The van der Waals surface area contributed by atoms with Gasteiger partial charge in [-0.05, 0) is 31.6 Å². The fourth-order valence-corrected chi connectivity index (χ4v) is 1.98. The second-order valence-corrected chi connectivity index (χ2v) is 6.31. The van der Waals surface area contributed by atoms with Crippen LogP contribution < -0.4 is 0 Å². The Kier molecular flexibility index (Phi) is 3.69. The Morgan fingerprint density at radius 2 is 2.06 bits per heavy atom. The number of aliphatic hydroxyl groups is 1. The third kappa shape index (κ3) is 2.57. The highest BCUT2D eigenvalue weighted by Gasteiger charge is 2.33. The van der Waals surface area contributed by atoms with Crippen LogP contribution in [0.15, 0.2) is 23.8 Å². The third-order valence-electron chi connectivity index (χ3n) is 4.46. The van der Waals surface area contributed by atoms with Gasteiger partial charge in [-0.3, -0.25) is 0 Å². The standard InChI is InChI=1S/C15H26O/c1-11-7-8-13(15(11,5)6)9-10-14(3,4)12(2)16/h7,9-10,12-13,16H,8H2,1-6H3/t12-,13-/m0/s1. The summed E-state index contributed by atoms with van der Waals surface area (Å²) in [5.41, 5.74) is 1.62. The predicted molar refractivity (Wildman–Crippen MR) is 70.2 cm³/mol. The maximum absolute atomic E-state index is 9.67. The summed E-state index contributed by atoms with van der Waals surface area (Å²) in [5, 5.41) is 9.67. The summed E-state index contributed by atoms with van der Waals surface area (Å²) in [6.07, 6.45) is 7.63. The normalized spacial score (nSPS) is 27.2. The monoisotopic (exact) mass is 222 g/mol. The molecule has 0 unspecified atom stereocenters. The molecule has 1 aliphatic rings. The van der Waals surface area contributed by atoms with Crippen molar-refractivity contribution in [2.75, 3.05) is 0 Å². The lowest BCUT2D eigenvalue weighted by atomic mass is 9.76. The Morgan fingerprint density at radius 1 is 1.50 bits per heavy atom. The predicted octanol–water partition coefficient (Wildman–Crippen LogP) is 3.94. The summed E-state index contributed by atoms with van der Waals surface area (Å²) in [6.45, 7) is 12.8. The van der Waals surface area contributed by atoms with Gasteiger partial charge >= 0.3 is 0 Å². The van der Waals surface area contributed by atoms with Crippen molar-refractivity contribution in [1.82, 2.24) is 0 Å². The number of allylic oxidation sites excluding steroid dienone is 3. The first-order valence-electron chi connectivity index (χ1n) is 6.22. The van der Waals surface area contributed by atoms with E-state index in [0.29, 0.717) is 5.92 Å². The van der Waals surface area contributed by atoms with Gasteiger partial charge < -0.3 is 5.11 Å². The minimum Gasteiger partial charge on any atom is -0.393 e. The van der Waals surface area contributed by atoms with Crippen LogP contribution in [-0.4, -0.2) is 11.2 Å². The van der Waals surface area contributed by atoms with Crippen LogP contribution in [0.1, 0.15) is 48.0 Å². The Bertz CT molecular complexity index is 305. The molecule has 1 nitrogen and oxygen atoms in total. The first kappa shape index (κ1) is 13.5. The summed E-state index contributed by atoms with van der Waals surface area (Å²) >= 11 is 0. The Balaban J connectivity index is 2.74. The molecule has 1 aliphatic carbocycles. The van der Waals surface area contributed by atoms with Crippen LogP contribution in [0, 0.1) is 16.7 Å². The molecule has 0 aromatic rings. The number of hydrogen-bond acceptors (Lipinski definition) is 1. The molecule has 0 spiro atoms. The van der Waals surface area contributed by atoms with Crippen molar-refractivity contribution in [3.05, 3.63) is 23.8 Å². The van der Waals surface area contributed by atoms with Crippen molar-refractivity contribution in [1.29, 1.82) is 0 Å². The quantitative estimate of drug-likeness (QED) is 0.717. The van der Waals surface area contributed by atoms with Crippen LogP contribution in [0.25, 0.3) is 0 Å². The molecule has 1 rings (SSSR count). The van der Waals surface area contributed by atoms with Gasteiger partial charge in [0.1, 0.15) is 0 Å². The minimum absolute atomic E-state index is 0.132. The van der Waals surface area contributed by atoms with Gasteiger partial charge in [0.15, 0.2) is 0 Å². The summed E-state index contributed by atoms with van der Waals surface area (Å²) in [7, 11) is 0. The zero-order chi connectivity index (χ0) is 12.6. The topological polar surface area (TPSA) is 20.2 Å². The molecular formula is C15H26O. The van der Waals surface area contributed by atoms with Crippen molar-refractivity contribution in [2.45, 2.75) is 54.1 Å². The highest BCUT2D eigenvalue weighted by atomic mass is 16.3. The van der Waals surface area contributed by atoms with Crippen molar-refractivity contribution < 1.29 is 5.11 Å². The number of hydrogen-bond donors (Lipinski definition) is 1. The van der Waals surface area contributed by atoms with Crippen LogP contribution in [0.5, 0.6) is 0 Å². The van der Waals surface area contributed by atoms with Crippen LogP contribution in [0.2, 0.25) is 0 Å². The lowest BCUT2D eigenvalue weighted by molar-refractivity contribution is 0.0989. The van der Waals surface area contributed by atoms with Gasteiger partial charge in [0, 0.05) is 5.41 Å². The SMILES string of the molecule is CC1=CC[C@@H](C=CC(C)(C)[C@H](C)O)C1(C)C. The zero-order valence-corrected chi connectivity index (χ0v) is 11.5. The van der Waals surface area contributed by atoms with E-state index in [1.807, 2.05) is 6.92 Å². The number of rotatable bonds is 3. The highest BCUT2D eigenvalue weighted by molar-refractivity contribution is 5.22. The van der Waals surface area contributed by atoms with E-state index in [9.17, 15) is 5.11 Å². The van der Waals surface area contributed by atoms with Crippen LogP contribution in [0.4, 0.5) is 0 Å². The lowest BCUT2D eigenvalue weighted by Crippen LogP contribution is -2.25. The average Bonchev–Trinajstić information content (AvgIpc) is 2.39. The van der Waals surface area contributed by atoms with Crippen LogP contribution in [0.3, 0.4) is 0 Å². The van der Waals surface area contributed by atoms with Gasteiger partial charge in [-0.1, -0.05) is 51.5 Å². The van der Waals surface area contributed by atoms with Crippen molar-refractivity contribution in [2.24, 2.45) is 16.7 Å². The minimum atomic E-state index is -0.303. The van der Waals surface area contributed by atoms with E-state index in [2.05, 4.69) is 52.8 Å². The molecule has 0 bridgehead atoms. The maximum atomic E-state index is 9.67. The summed E-state index contributed by atoms with van der Waals surface area (Å²) in [6, 6.07) is 0. The van der Waals surface area contributed by atoms with Gasteiger partial charge in [-0.25, -0.2) is 0 Å². The Labute approximate surface area is 100 Å². The first-order chi connectivity index (χ1) is 7.18. The van der Waals surface area contributed by atoms with Gasteiger partial charge in [-0.15, -0.1) is 0 Å². The molecule has 0 amide bonds. The summed E-state index contributed by atoms with van der Waals surface area (Å²) in [5.74, 6) is 0.575. The van der Waals surface area contributed by atoms with E-state index >= 15 is 0 Å². The second kappa shape index (κ2) is 4.37. The summed E-state index contributed by atoms with van der Waals surface area (Å²) < 4.78 is 0. The summed E-state index contributed by atoms with van der Waals surface area (Å²) in [4.78, 5) is 0. The van der Waals surface area contributed by atoms with Gasteiger partial charge in [0.2, 0.25) is 0 Å². The molecule has 0 fully saturated rings. The van der Waals surface area contributed by atoms with E-state index in [0.717, 1.165) is 6.42 Å². The largest absolute Gasteiger partial charge is 0.393 e. The van der Waals surface area contributed by atoms with E-state index in [1.165, 1.54) is 5.57 Å². The van der Waals surface area contributed by atoms with Gasteiger partial charge in [-0.2, -0.15) is 0 Å². The molecule has 0 saturated heterocycles. The maximum Gasteiger partial charge on any atom is 0.0597 e. The molecule has 1 heteroatoms. The van der Waals surface area contributed by atoms with E-state index < -0.39 is 0 Å². The second-order valence-electron chi connectivity index (χ2n) is 6.31. The Hall–Kier alpha value is -0.560. The lowest BCUT2D eigenvalue weighted by Gasteiger charge is -2.29. The van der Waals surface area contributed by atoms with E-state index in [1.54, 1.807) is 0 Å². The molecule has 92 valence electrons. The van der Waals surface area contributed by atoms with Crippen molar-refractivity contribution in [3.8, 4) is 0 Å². The molecule has 0 aromatic heterocycles. The first-order valence-corrected chi connectivity index (χ1v) is 6.22. The smallest absolute Gasteiger partial charge is 0.0597 e. The van der Waals surface area contributed by atoms with Gasteiger partial charge in [0.05, 0.1) is 6.10 Å². The molecular weight excluding hydrogens is 196 g/mol. The van der Waals surface area contributed by atoms with Gasteiger partial charge in [0.25, 0.3) is 0 Å². The molecule has 0 heterocycles. The van der Waals surface area contributed by atoms with E-state index in [-0.39, 0.29) is 16.9 Å². The average molecular weight is 222 g/mol. The molecule has 2 atom stereocenters. The van der Waals surface area contributed by atoms with Crippen molar-refractivity contribution >= 4 is 0 Å². The molecule has 16 heavy (non-hydrogen) atoms. The molecule has 0 radical (unpaired) electrons. The highest BCUT2D eigenvalue weighted by Crippen LogP contribution is 2.44.